The normalized spacial score (nSPS) is 16.4. The zero-order valence-corrected chi connectivity index (χ0v) is 14.1. The fraction of sp³-hybridized carbons (Fsp3) is 0.412. The minimum Gasteiger partial charge on any atom is -0.478 e. The van der Waals surface area contributed by atoms with Gasteiger partial charge in [0.1, 0.15) is 11.8 Å². The van der Waals surface area contributed by atoms with Gasteiger partial charge < -0.3 is 20.1 Å². The van der Waals surface area contributed by atoms with Gasteiger partial charge in [0.2, 0.25) is 0 Å². The van der Waals surface area contributed by atoms with Crippen LogP contribution in [0.3, 0.4) is 0 Å². The van der Waals surface area contributed by atoms with Crippen LogP contribution in [0.1, 0.15) is 22.9 Å². The van der Waals surface area contributed by atoms with E-state index < -0.39 is 0 Å². The fourth-order valence-corrected chi connectivity index (χ4v) is 2.85. The van der Waals surface area contributed by atoms with Gasteiger partial charge in [-0.15, -0.1) is 5.10 Å². The molecule has 128 valence electrons. The molecule has 0 bridgehead atoms. The molecule has 0 spiro atoms. The van der Waals surface area contributed by atoms with Gasteiger partial charge in [-0.2, -0.15) is 0 Å². The molecule has 24 heavy (non-hydrogen) atoms. The number of carbonyl (C=O) groups is 1. The molecule has 2 aromatic rings. The number of hydrogen-bond acceptors (Lipinski definition) is 4. The lowest BCUT2D eigenvalue weighted by Crippen LogP contribution is -2.34. The molecule has 1 aromatic carbocycles. The molecule has 3 rings (SSSR count). The third kappa shape index (κ3) is 3.21. The second-order valence-corrected chi connectivity index (χ2v) is 5.74. The third-order valence-electron chi connectivity index (χ3n) is 4.27. The van der Waals surface area contributed by atoms with Crippen molar-refractivity contribution in [1.82, 2.24) is 15.1 Å². The highest BCUT2D eigenvalue weighted by atomic mass is 16.5. The molecule has 1 unspecified atom stereocenters. The molecule has 1 aliphatic rings. The molecule has 0 radical (unpaired) electrons. The van der Waals surface area contributed by atoms with Crippen LogP contribution in [0.2, 0.25) is 0 Å². The highest BCUT2D eigenvalue weighted by Crippen LogP contribution is 2.27. The Morgan fingerprint density at radius 3 is 3.04 bits per heavy atom. The lowest BCUT2D eigenvalue weighted by molar-refractivity contribution is 0.0444. The van der Waals surface area contributed by atoms with Gasteiger partial charge in [-0.25, -0.2) is 4.79 Å². The van der Waals surface area contributed by atoms with E-state index in [1.165, 1.54) is 12.7 Å². The lowest BCUT2D eigenvalue weighted by Gasteiger charge is -2.26. The summed E-state index contributed by atoms with van der Waals surface area (Å²) in [5.41, 5.74) is 3.81. The average Bonchev–Trinajstić information content (AvgIpc) is 2.87. The van der Waals surface area contributed by atoms with Crippen molar-refractivity contribution in [3.63, 3.8) is 0 Å². The van der Waals surface area contributed by atoms with E-state index in [1.54, 1.807) is 11.7 Å². The van der Waals surface area contributed by atoms with Crippen molar-refractivity contribution in [1.29, 1.82) is 0 Å². The molecular weight excluding hydrogens is 308 g/mol. The maximum Gasteiger partial charge on any atom is 0.319 e. The molecule has 1 atom stereocenters. The minimum atomic E-state index is -0.309. The first-order valence-electron chi connectivity index (χ1n) is 7.92. The topological polar surface area (TPSA) is 77.4 Å². The molecule has 2 amide bonds. The van der Waals surface area contributed by atoms with Crippen LogP contribution in [-0.4, -0.2) is 36.1 Å². The number of aromatic nitrogens is 2. The molecule has 2 heterocycles. The van der Waals surface area contributed by atoms with Crippen LogP contribution in [0, 0.1) is 6.92 Å². The van der Waals surface area contributed by atoms with E-state index >= 15 is 0 Å². The first-order chi connectivity index (χ1) is 11.6. The van der Waals surface area contributed by atoms with Crippen molar-refractivity contribution in [3.8, 4) is 5.88 Å². The summed E-state index contributed by atoms with van der Waals surface area (Å²) in [6.45, 7) is 2.94. The zero-order chi connectivity index (χ0) is 17.1. The Bertz CT molecular complexity index is 741. The number of anilines is 1. The van der Waals surface area contributed by atoms with E-state index in [0.29, 0.717) is 24.7 Å². The van der Waals surface area contributed by atoms with Gasteiger partial charge in [-0.1, -0.05) is 24.3 Å². The van der Waals surface area contributed by atoms with Crippen molar-refractivity contribution in [2.75, 3.05) is 25.6 Å². The molecule has 2 N–H and O–H groups in total. The molecule has 0 saturated heterocycles. The Morgan fingerprint density at radius 2 is 2.25 bits per heavy atom. The number of nitrogens with one attached hydrogen (secondary N) is 2. The second-order valence-electron chi connectivity index (χ2n) is 5.74. The minimum absolute atomic E-state index is 0.127. The van der Waals surface area contributed by atoms with Gasteiger partial charge in [0.15, 0.2) is 0 Å². The quantitative estimate of drug-likeness (QED) is 0.901. The van der Waals surface area contributed by atoms with Gasteiger partial charge >= 0.3 is 6.03 Å². The van der Waals surface area contributed by atoms with E-state index in [4.69, 9.17) is 9.47 Å². The van der Waals surface area contributed by atoms with Gasteiger partial charge in [0.05, 0.1) is 19.4 Å². The summed E-state index contributed by atoms with van der Waals surface area (Å²) in [5.74, 6) is 0.393. The first-order valence-corrected chi connectivity index (χ1v) is 7.92. The molecule has 7 nitrogen and oxygen atoms in total. The number of fused-ring (bicyclic) bond motifs is 1. The Labute approximate surface area is 140 Å². The smallest absolute Gasteiger partial charge is 0.319 e. The van der Waals surface area contributed by atoms with Crippen LogP contribution in [-0.2, 0) is 18.2 Å². The molecule has 1 aromatic heterocycles. The Kier molecular flexibility index (Phi) is 4.71. The van der Waals surface area contributed by atoms with Gasteiger partial charge in [-0.3, -0.25) is 4.68 Å². The summed E-state index contributed by atoms with van der Waals surface area (Å²) < 4.78 is 12.6. The van der Waals surface area contributed by atoms with Crippen LogP contribution in [0.4, 0.5) is 10.5 Å². The Hall–Kier alpha value is -2.54. The van der Waals surface area contributed by atoms with Crippen molar-refractivity contribution >= 4 is 11.7 Å². The number of hydrogen-bond donors (Lipinski definition) is 2. The van der Waals surface area contributed by atoms with Crippen LogP contribution in [0.25, 0.3) is 0 Å². The number of aryl methyl sites for hydroxylation is 1. The number of methoxy groups -OCH3 is 1. The summed E-state index contributed by atoms with van der Waals surface area (Å²) in [6.07, 6.45) is 0.780. The summed E-state index contributed by atoms with van der Waals surface area (Å²) >= 11 is 0. The number of rotatable bonds is 4. The predicted molar refractivity (Wildman–Crippen MR) is 90.4 cm³/mol. The average molecular weight is 330 g/mol. The van der Waals surface area contributed by atoms with Crippen molar-refractivity contribution in [2.24, 2.45) is 7.05 Å². The van der Waals surface area contributed by atoms with Crippen molar-refractivity contribution in [3.05, 3.63) is 41.1 Å². The Balaban J connectivity index is 1.63. The highest BCUT2D eigenvalue weighted by molar-refractivity contribution is 5.91. The van der Waals surface area contributed by atoms with E-state index in [9.17, 15) is 4.79 Å². The number of benzene rings is 1. The summed E-state index contributed by atoms with van der Waals surface area (Å²) in [5, 5.41) is 9.85. The highest BCUT2D eigenvalue weighted by Gasteiger charge is 2.22. The van der Waals surface area contributed by atoms with Crippen LogP contribution in [0.15, 0.2) is 24.3 Å². The number of amides is 2. The van der Waals surface area contributed by atoms with E-state index in [0.717, 1.165) is 17.7 Å². The lowest BCUT2D eigenvalue weighted by atomic mass is 9.98. The maximum atomic E-state index is 12.2. The molecule has 0 saturated carbocycles. The molecule has 7 heteroatoms. The molecule has 0 fully saturated rings. The van der Waals surface area contributed by atoms with Crippen LogP contribution in [0.5, 0.6) is 5.88 Å². The van der Waals surface area contributed by atoms with E-state index in [1.807, 2.05) is 25.1 Å². The largest absolute Gasteiger partial charge is 0.478 e. The van der Waals surface area contributed by atoms with E-state index in [-0.39, 0.29) is 12.1 Å². The summed E-state index contributed by atoms with van der Waals surface area (Å²) in [7, 11) is 3.32. The predicted octanol–water partition coefficient (Wildman–Crippen LogP) is 2.17. The summed E-state index contributed by atoms with van der Waals surface area (Å²) in [6, 6.07) is 7.86. The second kappa shape index (κ2) is 6.92. The molecular formula is C17H22N4O3. The molecule has 0 aliphatic carbocycles. The summed E-state index contributed by atoms with van der Waals surface area (Å²) in [4.78, 5) is 12.2. The van der Waals surface area contributed by atoms with Crippen molar-refractivity contribution in [2.45, 2.75) is 19.4 Å². The Morgan fingerprint density at radius 1 is 1.46 bits per heavy atom. The van der Waals surface area contributed by atoms with Crippen LogP contribution >= 0.6 is 0 Å². The number of nitrogens with zero attached hydrogens (tertiary/aromatic N) is 2. The zero-order valence-electron chi connectivity index (χ0n) is 14.1. The van der Waals surface area contributed by atoms with Gasteiger partial charge in [0, 0.05) is 13.6 Å². The number of urea groups is 1. The number of ether oxygens (including phenoxy) is 2. The third-order valence-corrected chi connectivity index (χ3v) is 4.27. The standard InChI is InChI=1S/C17H22N4O3/c1-11-15(16(23-3)20-21(11)2)19-17(22)18-10-14-13-7-5-4-6-12(13)8-9-24-14/h4-7,14H,8-10H2,1-3H3,(H2,18,19,22). The van der Waals surface area contributed by atoms with Crippen LogP contribution < -0.4 is 15.4 Å². The number of carbonyl (C=O) groups excluding carboxylic acids is 1. The SMILES string of the molecule is COc1nn(C)c(C)c1NC(=O)NCC1OCCc2ccccc21. The van der Waals surface area contributed by atoms with Gasteiger partial charge in [-0.05, 0) is 24.5 Å². The fourth-order valence-electron chi connectivity index (χ4n) is 2.85. The molecule has 1 aliphatic heterocycles. The van der Waals surface area contributed by atoms with E-state index in [2.05, 4.69) is 21.8 Å². The first kappa shape index (κ1) is 16.3. The van der Waals surface area contributed by atoms with Gasteiger partial charge in [0.25, 0.3) is 5.88 Å². The van der Waals surface area contributed by atoms with Crippen molar-refractivity contribution < 1.29 is 14.3 Å². The maximum absolute atomic E-state index is 12.2. The monoisotopic (exact) mass is 330 g/mol.